The van der Waals surface area contributed by atoms with E-state index in [2.05, 4.69) is 16.0 Å². The number of hydrogen-bond acceptors (Lipinski definition) is 3. The summed E-state index contributed by atoms with van der Waals surface area (Å²) in [7, 11) is 0. The van der Waals surface area contributed by atoms with Gasteiger partial charge >= 0.3 is 0 Å². The molecule has 1 heterocycles. The first-order chi connectivity index (χ1) is 8.34. The van der Waals surface area contributed by atoms with Gasteiger partial charge < -0.3 is 16.0 Å². The third kappa shape index (κ3) is 4.54. The lowest BCUT2D eigenvalue weighted by Gasteiger charge is -2.24. The minimum absolute atomic E-state index is 0.630. The summed E-state index contributed by atoms with van der Waals surface area (Å²) in [4.78, 5) is 0. The lowest BCUT2D eigenvalue weighted by Crippen LogP contribution is -2.44. The third-order valence-electron chi connectivity index (χ3n) is 3.01. The molecule has 1 saturated heterocycles. The minimum Gasteiger partial charge on any atom is -0.384 e. The molecule has 1 atom stereocenters. The molecule has 94 valence electrons. The molecule has 3 nitrogen and oxygen atoms in total. The maximum absolute atomic E-state index is 5.92. The quantitative estimate of drug-likeness (QED) is 0.704. The second-order valence-electron chi connectivity index (χ2n) is 4.43. The molecule has 17 heavy (non-hydrogen) atoms. The van der Waals surface area contributed by atoms with Crippen LogP contribution < -0.4 is 16.0 Å². The number of piperidine rings is 1. The summed E-state index contributed by atoms with van der Waals surface area (Å²) < 4.78 is 0. The van der Waals surface area contributed by atoms with E-state index in [-0.39, 0.29) is 0 Å². The van der Waals surface area contributed by atoms with Crippen LogP contribution in [-0.2, 0) is 0 Å². The van der Waals surface area contributed by atoms with Crippen molar-refractivity contribution in [2.45, 2.75) is 18.9 Å². The van der Waals surface area contributed by atoms with Gasteiger partial charge in [0.2, 0.25) is 0 Å². The molecule has 1 fully saturated rings. The summed E-state index contributed by atoms with van der Waals surface area (Å²) >= 11 is 5.92. The van der Waals surface area contributed by atoms with Crippen molar-refractivity contribution in [3.63, 3.8) is 0 Å². The van der Waals surface area contributed by atoms with Crippen molar-refractivity contribution in [3.8, 4) is 0 Å². The van der Waals surface area contributed by atoms with Gasteiger partial charge in [0.05, 0.1) is 0 Å². The molecule has 1 unspecified atom stereocenters. The van der Waals surface area contributed by atoms with Gasteiger partial charge in [0.15, 0.2) is 0 Å². The molecule has 3 N–H and O–H groups in total. The van der Waals surface area contributed by atoms with Gasteiger partial charge in [-0.05, 0) is 37.6 Å². The van der Waals surface area contributed by atoms with Crippen LogP contribution >= 0.6 is 11.6 Å². The Hall–Kier alpha value is -0.770. The first-order valence-electron chi connectivity index (χ1n) is 6.28. The van der Waals surface area contributed by atoms with E-state index in [1.165, 1.54) is 19.4 Å². The Bertz CT molecular complexity index is 337. The highest BCUT2D eigenvalue weighted by molar-refractivity contribution is 6.30. The standard InChI is InChI=1S/C13H20ClN3/c14-11-3-1-4-12(9-11)16-7-8-17-13-5-2-6-15-10-13/h1,3-4,9,13,15-17H,2,5-8,10H2. The van der Waals surface area contributed by atoms with Crippen molar-refractivity contribution < 1.29 is 0 Å². The van der Waals surface area contributed by atoms with Gasteiger partial charge in [-0.15, -0.1) is 0 Å². The fourth-order valence-electron chi connectivity index (χ4n) is 2.11. The Morgan fingerprint density at radius 3 is 3.06 bits per heavy atom. The largest absolute Gasteiger partial charge is 0.384 e. The lowest BCUT2D eigenvalue weighted by atomic mass is 10.1. The van der Waals surface area contributed by atoms with Crippen molar-refractivity contribution in [2.24, 2.45) is 0 Å². The molecule has 2 rings (SSSR count). The van der Waals surface area contributed by atoms with Crippen LogP contribution in [0.5, 0.6) is 0 Å². The zero-order chi connectivity index (χ0) is 11.9. The van der Waals surface area contributed by atoms with Crippen LogP contribution in [0.15, 0.2) is 24.3 Å². The summed E-state index contributed by atoms with van der Waals surface area (Å²) in [6.45, 7) is 4.17. The highest BCUT2D eigenvalue weighted by Crippen LogP contribution is 2.14. The Balaban J connectivity index is 1.62. The number of rotatable bonds is 5. The highest BCUT2D eigenvalue weighted by Gasteiger charge is 2.10. The van der Waals surface area contributed by atoms with E-state index in [4.69, 9.17) is 11.6 Å². The summed E-state index contributed by atoms with van der Waals surface area (Å²) in [5.74, 6) is 0. The van der Waals surface area contributed by atoms with Crippen molar-refractivity contribution in [1.82, 2.24) is 10.6 Å². The van der Waals surface area contributed by atoms with Crippen molar-refractivity contribution in [2.75, 3.05) is 31.5 Å². The van der Waals surface area contributed by atoms with E-state index < -0.39 is 0 Å². The first-order valence-corrected chi connectivity index (χ1v) is 6.66. The molecule has 0 saturated carbocycles. The van der Waals surface area contributed by atoms with E-state index in [1.54, 1.807) is 0 Å². The SMILES string of the molecule is Clc1cccc(NCCNC2CCCNC2)c1. The van der Waals surface area contributed by atoms with Gasteiger partial charge in [0.1, 0.15) is 0 Å². The predicted octanol–water partition coefficient (Wildman–Crippen LogP) is 2.09. The number of nitrogens with one attached hydrogen (secondary N) is 3. The van der Waals surface area contributed by atoms with Crippen LogP contribution in [0.4, 0.5) is 5.69 Å². The van der Waals surface area contributed by atoms with E-state index in [0.29, 0.717) is 6.04 Å². The summed E-state index contributed by atoms with van der Waals surface area (Å²) in [5, 5.41) is 11.1. The van der Waals surface area contributed by atoms with Crippen LogP contribution in [0.1, 0.15) is 12.8 Å². The summed E-state index contributed by atoms with van der Waals surface area (Å²) in [6.07, 6.45) is 2.56. The van der Waals surface area contributed by atoms with Crippen LogP contribution in [-0.4, -0.2) is 32.2 Å². The van der Waals surface area contributed by atoms with Crippen LogP contribution in [0.2, 0.25) is 5.02 Å². The molecule has 4 heteroatoms. The van der Waals surface area contributed by atoms with Gasteiger partial charge in [0.25, 0.3) is 0 Å². The monoisotopic (exact) mass is 253 g/mol. The van der Waals surface area contributed by atoms with Gasteiger partial charge in [-0.2, -0.15) is 0 Å². The molecule has 1 aromatic rings. The Morgan fingerprint density at radius 1 is 1.35 bits per heavy atom. The first kappa shape index (κ1) is 12.7. The van der Waals surface area contributed by atoms with Gasteiger partial charge in [-0.3, -0.25) is 0 Å². The van der Waals surface area contributed by atoms with Crippen LogP contribution in [0, 0.1) is 0 Å². The topological polar surface area (TPSA) is 36.1 Å². The van der Waals surface area contributed by atoms with Crippen LogP contribution in [0.25, 0.3) is 0 Å². The van der Waals surface area contributed by atoms with E-state index >= 15 is 0 Å². The number of halogens is 1. The average molecular weight is 254 g/mol. The molecule has 1 aromatic carbocycles. The number of benzene rings is 1. The molecule has 0 aliphatic carbocycles. The molecule has 0 aromatic heterocycles. The fourth-order valence-corrected chi connectivity index (χ4v) is 2.30. The second-order valence-corrected chi connectivity index (χ2v) is 4.87. The molecule has 0 bridgehead atoms. The Kier molecular flexibility index (Phi) is 5.10. The van der Waals surface area contributed by atoms with Crippen molar-refractivity contribution >= 4 is 17.3 Å². The maximum atomic E-state index is 5.92. The van der Waals surface area contributed by atoms with E-state index in [0.717, 1.165) is 30.3 Å². The summed E-state index contributed by atoms with van der Waals surface area (Å²) in [5.41, 5.74) is 1.08. The van der Waals surface area contributed by atoms with E-state index in [9.17, 15) is 0 Å². The Morgan fingerprint density at radius 2 is 2.29 bits per heavy atom. The molecule has 0 radical (unpaired) electrons. The summed E-state index contributed by atoms with van der Waals surface area (Å²) in [6, 6.07) is 8.46. The van der Waals surface area contributed by atoms with Crippen molar-refractivity contribution in [1.29, 1.82) is 0 Å². The fraction of sp³-hybridized carbons (Fsp3) is 0.538. The smallest absolute Gasteiger partial charge is 0.0426 e. The molecular weight excluding hydrogens is 234 g/mol. The number of anilines is 1. The van der Waals surface area contributed by atoms with E-state index in [1.807, 2.05) is 24.3 Å². The molecule has 1 aliphatic heterocycles. The predicted molar refractivity (Wildman–Crippen MR) is 73.8 cm³/mol. The Labute approximate surface area is 108 Å². The average Bonchev–Trinajstić information content (AvgIpc) is 2.36. The maximum Gasteiger partial charge on any atom is 0.0426 e. The third-order valence-corrected chi connectivity index (χ3v) is 3.24. The molecule has 0 amide bonds. The van der Waals surface area contributed by atoms with Crippen molar-refractivity contribution in [3.05, 3.63) is 29.3 Å². The zero-order valence-corrected chi connectivity index (χ0v) is 10.8. The molecular formula is C13H20ClN3. The second kappa shape index (κ2) is 6.84. The molecule has 0 spiro atoms. The zero-order valence-electron chi connectivity index (χ0n) is 10.0. The number of hydrogen-bond donors (Lipinski definition) is 3. The normalized spacial score (nSPS) is 20.2. The highest BCUT2D eigenvalue weighted by atomic mass is 35.5. The van der Waals surface area contributed by atoms with Gasteiger partial charge in [-0.25, -0.2) is 0 Å². The minimum atomic E-state index is 0.630. The van der Waals surface area contributed by atoms with Crippen LogP contribution in [0.3, 0.4) is 0 Å². The molecule has 1 aliphatic rings. The lowest BCUT2D eigenvalue weighted by molar-refractivity contribution is 0.395. The van der Waals surface area contributed by atoms with Gasteiger partial charge in [0, 0.05) is 36.4 Å². The van der Waals surface area contributed by atoms with Gasteiger partial charge in [-0.1, -0.05) is 17.7 Å².